The molecule has 234 valence electrons. The van der Waals surface area contributed by atoms with Gasteiger partial charge in [-0.05, 0) is 83.6 Å². The van der Waals surface area contributed by atoms with E-state index < -0.39 is 0 Å². The van der Waals surface area contributed by atoms with Gasteiger partial charge in [0.05, 0.1) is 11.0 Å². The molecule has 0 amide bonds. The van der Waals surface area contributed by atoms with Crippen molar-refractivity contribution in [3.05, 3.63) is 170 Å². The van der Waals surface area contributed by atoms with E-state index in [-0.39, 0.29) is 0 Å². The summed E-state index contributed by atoms with van der Waals surface area (Å²) in [6.45, 7) is 0. The molecule has 0 spiro atoms. The van der Waals surface area contributed by atoms with Crippen molar-refractivity contribution >= 4 is 103 Å². The zero-order valence-electron chi connectivity index (χ0n) is 26.9. The second-order valence-electron chi connectivity index (χ2n) is 13.0. The molecule has 11 aromatic rings. The highest BCUT2D eigenvalue weighted by molar-refractivity contribution is 7.25. The van der Waals surface area contributed by atoms with Gasteiger partial charge < -0.3 is 13.9 Å². The summed E-state index contributed by atoms with van der Waals surface area (Å²) in [6.07, 6.45) is 0. The summed E-state index contributed by atoms with van der Waals surface area (Å²) in [4.78, 5) is 2.37. The van der Waals surface area contributed by atoms with Gasteiger partial charge in [-0.2, -0.15) is 0 Å². The Morgan fingerprint density at radius 1 is 0.400 bits per heavy atom. The lowest BCUT2D eigenvalue weighted by Gasteiger charge is -2.26. The molecule has 0 aliphatic heterocycles. The van der Waals surface area contributed by atoms with Crippen LogP contribution in [-0.2, 0) is 0 Å². The molecular formula is C46H28N2OS. The molecule has 0 atom stereocenters. The molecule has 0 saturated carbocycles. The van der Waals surface area contributed by atoms with E-state index in [0.29, 0.717) is 0 Å². The molecule has 8 aromatic carbocycles. The molecule has 0 fully saturated rings. The molecule has 0 aliphatic carbocycles. The van der Waals surface area contributed by atoms with Gasteiger partial charge in [-0.15, -0.1) is 11.3 Å². The standard InChI is InChI=1S/C46H28N2OS/c1-2-12-31(13-3-1)48-41-16-8-6-14-35(41)36-21-18-32(26-42(36)48)47(34-20-23-39-38-15-7-9-17-45(38)50-46(39)28-34)33-19-22-37-40-24-29-10-4-5-11-30(29)25-43(40)49-44(37)27-33/h1-28H. The number of hydrogen-bond donors (Lipinski definition) is 0. The normalized spacial score (nSPS) is 12.0. The van der Waals surface area contributed by atoms with Crippen LogP contribution in [0.15, 0.2) is 174 Å². The van der Waals surface area contributed by atoms with E-state index in [1.165, 1.54) is 52.8 Å². The summed E-state index contributed by atoms with van der Waals surface area (Å²) >= 11 is 1.85. The molecule has 0 radical (unpaired) electrons. The zero-order chi connectivity index (χ0) is 32.8. The Morgan fingerprint density at radius 3 is 1.86 bits per heavy atom. The third-order valence-corrected chi connectivity index (χ3v) is 11.3. The van der Waals surface area contributed by atoms with Crippen molar-refractivity contribution < 1.29 is 4.42 Å². The summed E-state index contributed by atoms with van der Waals surface area (Å²) in [5.41, 5.74) is 8.52. The molecule has 0 saturated heterocycles. The second-order valence-corrected chi connectivity index (χ2v) is 14.1. The predicted molar refractivity (Wildman–Crippen MR) is 213 cm³/mol. The van der Waals surface area contributed by atoms with Crippen LogP contribution in [0.5, 0.6) is 0 Å². The first-order valence-corrected chi connectivity index (χ1v) is 17.7. The number of furan rings is 1. The summed E-state index contributed by atoms with van der Waals surface area (Å²) in [6, 6.07) is 61.3. The quantitative estimate of drug-likeness (QED) is 0.188. The fourth-order valence-electron chi connectivity index (χ4n) is 7.84. The van der Waals surface area contributed by atoms with Crippen molar-refractivity contribution in [3.8, 4) is 5.69 Å². The van der Waals surface area contributed by atoms with Crippen LogP contribution in [0.25, 0.3) is 80.4 Å². The van der Waals surface area contributed by atoms with Crippen LogP contribution in [0.3, 0.4) is 0 Å². The molecule has 3 nitrogen and oxygen atoms in total. The number of benzene rings is 8. The number of anilines is 3. The zero-order valence-corrected chi connectivity index (χ0v) is 27.7. The van der Waals surface area contributed by atoms with Crippen LogP contribution in [-0.4, -0.2) is 4.57 Å². The van der Waals surface area contributed by atoms with E-state index in [0.717, 1.165) is 44.7 Å². The lowest BCUT2D eigenvalue weighted by atomic mass is 10.1. The second kappa shape index (κ2) is 10.6. The first-order valence-electron chi connectivity index (χ1n) is 16.9. The van der Waals surface area contributed by atoms with Crippen molar-refractivity contribution in [2.24, 2.45) is 0 Å². The average molecular weight is 657 g/mol. The number of aromatic nitrogens is 1. The number of nitrogens with zero attached hydrogens (tertiary/aromatic N) is 2. The van der Waals surface area contributed by atoms with Crippen LogP contribution in [0.1, 0.15) is 0 Å². The number of hydrogen-bond acceptors (Lipinski definition) is 3. The van der Waals surface area contributed by atoms with Crippen molar-refractivity contribution in [2.45, 2.75) is 0 Å². The minimum Gasteiger partial charge on any atom is -0.456 e. The van der Waals surface area contributed by atoms with E-state index >= 15 is 0 Å². The van der Waals surface area contributed by atoms with Gasteiger partial charge in [0.2, 0.25) is 0 Å². The molecule has 0 bridgehead atoms. The van der Waals surface area contributed by atoms with Gasteiger partial charge in [0.1, 0.15) is 11.2 Å². The van der Waals surface area contributed by atoms with Gasteiger partial charge >= 0.3 is 0 Å². The molecule has 0 N–H and O–H groups in total. The van der Waals surface area contributed by atoms with Gasteiger partial charge in [0, 0.05) is 70.5 Å². The number of rotatable bonds is 4. The van der Waals surface area contributed by atoms with Crippen LogP contribution in [0.4, 0.5) is 17.1 Å². The highest BCUT2D eigenvalue weighted by atomic mass is 32.1. The molecule has 0 unspecified atom stereocenters. The van der Waals surface area contributed by atoms with Crippen molar-refractivity contribution in [1.29, 1.82) is 0 Å². The average Bonchev–Trinajstić information content (AvgIpc) is 3.82. The molecule has 3 aromatic heterocycles. The third-order valence-electron chi connectivity index (χ3n) is 10.1. The molecule has 0 aliphatic rings. The van der Waals surface area contributed by atoms with Crippen molar-refractivity contribution in [3.63, 3.8) is 0 Å². The monoisotopic (exact) mass is 656 g/mol. The van der Waals surface area contributed by atoms with E-state index in [2.05, 4.69) is 179 Å². The maximum atomic E-state index is 6.59. The number of fused-ring (bicyclic) bond motifs is 10. The molecule has 4 heteroatoms. The lowest BCUT2D eigenvalue weighted by molar-refractivity contribution is 0.669. The fourth-order valence-corrected chi connectivity index (χ4v) is 8.98. The Labute approximate surface area is 291 Å². The maximum absolute atomic E-state index is 6.59. The molecule has 50 heavy (non-hydrogen) atoms. The van der Waals surface area contributed by atoms with Gasteiger partial charge in [-0.3, -0.25) is 0 Å². The minimum atomic E-state index is 0.875. The summed E-state index contributed by atoms with van der Waals surface area (Å²) in [5.74, 6) is 0. The maximum Gasteiger partial charge on any atom is 0.137 e. The Bertz CT molecular complexity index is 3110. The number of para-hydroxylation sites is 2. The van der Waals surface area contributed by atoms with Crippen molar-refractivity contribution in [1.82, 2.24) is 4.57 Å². The topological polar surface area (TPSA) is 21.3 Å². The minimum absolute atomic E-state index is 0.875. The third kappa shape index (κ3) is 4.09. The lowest BCUT2D eigenvalue weighted by Crippen LogP contribution is -2.10. The SMILES string of the molecule is c1ccc(-n2c3ccccc3c3ccc(N(c4ccc5c(c4)oc4cc6ccccc6cc45)c4ccc5c(c4)sc4ccccc45)cc32)cc1. The van der Waals surface area contributed by atoms with Crippen LogP contribution in [0.2, 0.25) is 0 Å². The van der Waals surface area contributed by atoms with Gasteiger partial charge in [-0.1, -0.05) is 91.0 Å². The molecule has 3 heterocycles. The molecule has 11 rings (SSSR count). The van der Waals surface area contributed by atoms with Gasteiger partial charge in [-0.25, -0.2) is 0 Å². The summed E-state index contributed by atoms with van der Waals surface area (Å²) in [5, 5.41) is 9.71. The van der Waals surface area contributed by atoms with Crippen LogP contribution in [0, 0.1) is 0 Å². The van der Waals surface area contributed by atoms with E-state index in [1.54, 1.807) is 0 Å². The smallest absolute Gasteiger partial charge is 0.137 e. The first kappa shape index (κ1) is 27.6. The summed E-state index contributed by atoms with van der Waals surface area (Å²) in [7, 11) is 0. The van der Waals surface area contributed by atoms with Gasteiger partial charge in [0.25, 0.3) is 0 Å². The van der Waals surface area contributed by atoms with E-state index in [4.69, 9.17) is 4.42 Å². The highest BCUT2D eigenvalue weighted by Crippen LogP contribution is 2.44. The Hall–Kier alpha value is -6.36. The Kier molecular flexibility index (Phi) is 5.83. The van der Waals surface area contributed by atoms with Crippen LogP contribution >= 0.6 is 11.3 Å². The van der Waals surface area contributed by atoms with E-state index in [9.17, 15) is 0 Å². The number of thiophene rings is 1. The largest absolute Gasteiger partial charge is 0.456 e. The van der Waals surface area contributed by atoms with E-state index in [1.807, 2.05) is 11.3 Å². The fraction of sp³-hybridized carbons (Fsp3) is 0. The Balaban J connectivity index is 1.17. The summed E-state index contributed by atoms with van der Waals surface area (Å²) < 4.78 is 11.5. The van der Waals surface area contributed by atoms with Crippen molar-refractivity contribution in [2.75, 3.05) is 4.90 Å². The van der Waals surface area contributed by atoms with Gasteiger partial charge in [0.15, 0.2) is 0 Å². The predicted octanol–water partition coefficient (Wildman–Crippen LogP) is 13.7. The Morgan fingerprint density at radius 2 is 1.00 bits per heavy atom. The van der Waals surface area contributed by atoms with Crippen LogP contribution < -0.4 is 4.90 Å². The first-order chi connectivity index (χ1) is 24.8. The molecular weight excluding hydrogens is 629 g/mol. The highest BCUT2D eigenvalue weighted by Gasteiger charge is 2.20.